The SMILES string of the molecule is Oc1cccc(CCCCn2ccnc2)c1. The number of rotatable bonds is 5. The molecule has 3 nitrogen and oxygen atoms in total. The van der Waals surface area contributed by atoms with Gasteiger partial charge in [0.2, 0.25) is 0 Å². The molecule has 0 saturated carbocycles. The average molecular weight is 216 g/mol. The van der Waals surface area contributed by atoms with Crippen molar-refractivity contribution < 1.29 is 5.11 Å². The van der Waals surface area contributed by atoms with Crippen molar-refractivity contribution in [3.8, 4) is 5.75 Å². The molecule has 0 saturated heterocycles. The molecule has 0 spiro atoms. The summed E-state index contributed by atoms with van der Waals surface area (Å²) >= 11 is 0. The van der Waals surface area contributed by atoms with Crippen LogP contribution in [0.2, 0.25) is 0 Å². The lowest BCUT2D eigenvalue weighted by atomic mass is 10.1. The number of phenolic OH excluding ortho intramolecular Hbond substituents is 1. The number of hydrogen-bond donors (Lipinski definition) is 1. The van der Waals surface area contributed by atoms with Crippen LogP contribution in [0.15, 0.2) is 43.0 Å². The maximum atomic E-state index is 9.31. The fraction of sp³-hybridized carbons (Fsp3) is 0.308. The molecule has 2 rings (SSSR count). The number of hydrogen-bond acceptors (Lipinski definition) is 2. The highest BCUT2D eigenvalue weighted by molar-refractivity contribution is 5.27. The third-order valence-corrected chi connectivity index (χ3v) is 2.60. The molecule has 0 atom stereocenters. The van der Waals surface area contributed by atoms with Gasteiger partial charge in [0.25, 0.3) is 0 Å². The molecule has 1 heterocycles. The Morgan fingerprint density at radius 3 is 2.94 bits per heavy atom. The lowest BCUT2D eigenvalue weighted by Crippen LogP contribution is -1.95. The maximum Gasteiger partial charge on any atom is 0.115 e. The fourth-order valence-electron chi connectivity index (χ4n) is 1.75. The Balaban J connectivity index is 1.72. The molecule has 1 aromatic heterocycles. The molecule has 0 aliphatic heterocycles. The van der Waals surface area contributed by atoms with Crippen LogP contribution in [-0.4, -0.2) is 14.7 Å². The van der Waals surface area contributed by atoms with E-state index in [1.165, 1.54) is 5.56 Å². The Morgan fingerprint density at radius 1 is 1.25 bits per heavy atom. The van der Waals surface area contributed by atoms with E-state index in [0.29, 0.717) is 5.75 Å². The average Bonchev–Trinajstić information content (AvgIpc) is 2.77. The summed E-state index contributed by atoms with van der Waals surface area (Å²) in [5.41, 5.74) is 1.20. The number of unbranched alkanes of at least 4 members (excludes halogenated alkanes) is 1. The first-order chi connectivity index (χ1) is 7.84. The summed E-state index contributed by atoms with van der Waals surface area (Å²) in [6.07, 6.45) is 8.90. The first-order valence-corrected chi connectivity index (χ1v) is 5.58. The summed E-state index contributed by atoms with van der Waals surface area (Å²) in [4.78, 5) is 4.00. The Morgan fingerprint density at radius 2 is 2.19 bits per heavy atom. The van der Waals surface area contributed by atoms with E-state index < -0.39 is 0 Å². The van der Waals surface area contributed by atoms with E-state index in [0.717, 1.165) is 25.8 Å². The van der Waals surface area contributed by atoms with Crippen molar-refractivity contribution in [3.05, 3.63) is 48.5 Å². The molecule has 2 aromatic rings. The topological polar surface area (TPSA) is 38.0 Å². The lowest BCUT2D eigenvalue weighted by Gasteiger charge is -2.03. The van der Waals surface area contributed by atoms with Gasteiger partial charge in [0.15, 0.2) is 0 Å². The summed E-state index contributed by atoms with van der Waals surface area (Å²) in [6.45, 7) is 1.01. The van der Waals surface area contributed by atoms with Crippen molar-refractivity contribution in [1.29, 1.82) is 0 Å². The van der Waals surface area contributed by atoms with Crippen molar-refractivity contribution in [2.24, 2.45) is 0 Å². The van der Waals surface area contributed by atoms with Crippen molar-refractivity contribution in [3.63, 3.8) is 0 Å². The zero-order chi connectivity index (χ0) is 11.2. The molecule has 1 N–H and O–H groups in total. The summed E-state index contributed by atoms with van der Waals surface area (Å²) in [5.74, 6) is 0.354. The van der Waals surface area contributed by atoms with Crippen LogP contribution in [0.1, 0.15) is 18.4 Å². The Labute approximate surface area is 95.4 Å². The minimum atomic E-state index is 0.354. The second-order valence-corrected chi connectivity index (χ2v) is 3.93. The quantitative estimate of drug-likeness (QED) is 0.780. The molecular weight excluding hydrogens is 200 g/mol. The van der Waals surface area contributed by atoms with Gasteiger partial charge in [-0.15, -0.1) is 0 Å². The van der Waals surface area contributed by atoms with Crippen LogP contribution >= 0.6 is 0 Å². The van der Waals surface area contributed by atoms with Crippen molar-refractivity contribution >= 4 is 0 Å². The second kappa shape index (κ2) is 5.35. The van der Waals surface area contributed by atoms with Gasteiger partial charge in [-0.25, -0.2) is 4.98 Å². The van der Waals surface area contributed by atoms with Gasteiger partial charge in [0, 0.05) is 18.9 Å². The predicted octanol–water partition coefficient (Wildman–Crippen LogP) is 2.61. The molecule has 0 aliphatic carbocycles. The first-order valence-electron chi connectivity index (χ1n) is 5.58. The van der Waals surface area contributed by atoms with Crippen LogP contribution in [0.4, 0.5) is 0 Å². The predicted molar refractivity (Wildman–Crippen MR) is 63.3 cm³/mol. The number of benzene rings is 1. The number of aromatic hydroxyl groups is 1. The Hall–Kier alpha value is -1.77. The standard InChI is InChI=1S/C13H16N2O/c16-13-6-3-5-12(10-13)4-1-2-8-15-9-7-14-11-15/h3,5-7,9-11,16H,1-2,4,8H2. The minimum Gasteiger partial charge on any atom is -0.508 e. The molecule has 0 bridgehead atoms. The monoisotopic (exact) mass is 216 g/mol. The summed E-state index contributed by atoms with van der Waals surface area (Å²) in [6, 6.07) is 7.48. The Kier molecular flexibility index (Phi) is 3.59. The smallest absolute Gasteiger partial charge is 0.115 e. The van der Waals surface area contributed by atoms with Gasteiger partial charge in [0.05, 0.1) is 6.33 Å². The molecule has 0 amide bonds. The molecule has 0 fully saturated rings. The zero-order valence-corrected chi connectivity index (χ0v) is 9.21. The highest BCUT2D eigenvalue weighted by Crippen LogP contribution is 2.13. The van der Waals surface area contributed by atoms with Crippen LogP contribution in [0.3, 0.4) is 0 Å². The van der Waals surface area contributed by atoms with Gasteiger partial charge < -0.3 is 9.67 Å². The van der Waals surface area contributed by atoms with Crippen LogP contribution < -0.4 is 0 Å². The van der Waals surface area contributed by atoms with E-state index in [1.54, 1.807) is 12.3 Å². The minimum absolute atomic E-state index is 0.354. The number of nitrogens with zero attached hydrogens (tertiary/aromatic N) is 2. The molecular formula is C13H16N2O. The Bertz CT molecular complexity index is 423. The summed E-state index contributed by atoms with van der Waals surface area (Å²) < 4.78 is 2.09. The van der Waals surface area contributed by atoms with Crippen LogP contribution in [0, 0.1) is 0 Å². The largest absolute Gasteiger partial charge is 0.508 e. The zero-order valence-electron chi connectivity index (χ0n) is 9.21. The van der Waals surface area contributed by atoms with E-state index in [-0.39, 0.29) is 0 Å². The van der Waals surface area contributed by atoms with Gasteiger partial charge in [0.1, 0.15) is 5.75 Å². The third kappa shape index (κ3) is 3.12. The fourth-order valence-corrected chi connectivity index (χ4v) is 1.75. The number of aromatic nitrogens is 2. The third-order valence-electron chi connectivity index (χ3n) is 2.60. The normalized spacial score (nSPS) is 10.5. The first kappa shape index (κ1) is 10.7. The maximum absolute atomic E-state index is 9.31. The van der Waals surface area contributed by atoms with Gasteiger partial charge in [-0.05, 0) is 37.0 Å². The lowest BCUT2D eigenvalue weighted by molar-refractivity contribution is 0.474. The number of imidazole rings is 1. The van der Waals surface area contributed by atoms with Crippen LogP contribution in [-0.2, 0) is 13.0 Å². The number of aryl methyl sites for hydroxylation is 2. The highest BCUT2D eigenvalue weighted by atomic mass is 16.3. The van der Waals surface area contributed by atoms with Gasteiger partial charge in [-0.2, -0.15) is 0 Å². The number of phenols is 1. The van der Waals surface area contributed by atoms with E-state index in [2.05, 4.69) is 15.6 Å². The second-order valence-electron chi connectivity index (χ2n) is 3.93. The molecule has 84 valence electrons. The summed E-state index contributed by atoms with van der Waals surface area (Å²) in [7, 11) is 0. The van der Waals surface area contributed by atoms with Crippen molar-refractivity contribution in [2.45, 2.75) is 25.8 Å². The van der Waals surface area contributed by atoms with Crippen molar-refractivity contribution in [1.82, 2.24) is 9.55 Å². The summed E-state index contributed by atoms with van der Waals surface area (Å²) in [5, 5.41) is 9.31. The molecule has 0 unspecified atom stereocenters. The van der Waals surface area contributed by atoms with E-state index in [9.17, 15) is 5.11 Å². The van der Waals surface area contributed by atoms with Crippen LogP contribution in [0.25, 0.3) is 0 Å². The van der Waals surface area contributed by atoms with Gasteiger partial charge in [-0.1, -0.05) is 12.1 Å². The van der Waals surface area contributed by atoms with Crippen LogP contribution in [0.5, 0.6) is 5.75 Å². The molecule has 1 aromatic carbocycles. The van der Waals surface area contributed by atoms with Gasteiger partial charge >= 0.3 is 0 Å². The van der Waals surface area contributed by atoms with E-state index >= 15 is 0 Å². The highest BCUT2D eigenvalue weighted by Gasteiger charge is 1.95. The molecule has 0 radical (unpaired) electrons. The van der Waals surface area contributed by atoms with E-state index in [1.807, 2.05) is 24.7 Å². The molecule has 16 heavy (non-hydrogen) atoms. The van der Waals surface area contributed by atoms with Crippen molar-refractivity contribution in [2.75, 3.05) is 0 Å². The van der Waals surface area contributed by atoms with E-state index in [4.69, 9.17) is 0 Å². The molecule has 0 aliphatic rings. The van der Waals surface area contributed by atoms with Gasteiger partial charge in [-0.3, -0.25) is 0 Å². The molecule has 3 heteroatoms.